The number of hydrogen-bond acceptors (Lipinski definition) is 7. The molecule has 2 aliphatic rings. The van der Waals surface area contributed by atoms with Gasteiger partial charge in [-0.1, -0.05) is 0 Å². The van der Waals surface area contributed by atoms with E-state index in [1.54, 1.807) is 32.6 Å². The zero-order valence-corrected chi connectivity index (χ0v) is 23.3. The first-order valence-electron chi connectivity index (χ1n) is 13.9. The summed E-state index contributed by atoms with van der Waals surface area (Å²) in [6.45, 7) is 1.69. The molecular weight excluding hydrogens is 544 g/mol. The number of anilines is 2. The van der Waals surface area contributed by atoms with Crippen LogP contribution in [0.15, 0.2) is 35.5 Å². The number of fused-ring (bicyclic) bond motifs is 5. The van der Waals surface area contributed by atoms with E-state index >= 15 is 4.39 Å². The number of likely N-dealkylation sites (N-methyl/N-ethyl adjacent to an activating group) is 1. The van der Waals surface area contributed by atoms with Gasteiger partial charge in [0, 0.05) is 68.5 Å². The van der Waals surface area contributed by atoms with Crippen molar-refractivity contribution in [2.45, 2.75) is 31.3 Å². The van der Waals surface area contributed by atoms with Gasteiger partial charge in [-0.05, 0) is 38.9 Å². The number of carbonyl (C=O) groups is 1. The third-order valence-corrected chi connectivity index (χ3v) is 8.96. The molecule has 5 aromatic rings. The van der Waals surface area contributed by atoms with Gasteiger partial charge in [0.2, 0.25) is 5.43 Å². The Morgan fingerprint density at radius 2 is 1.90 bits per heavy atom. The van der Waals surface area contributed by atoms with E-state index in [9.17, 15) is 19.1 Å². The second-order valence-corrected chi connectivity index (χ2v) is 11.2. The number of rotatable bonds is 4. The normalized spacial score (nSPS) is 19.2. The van der Waals surface area contributed by atoms with Crippen LogP contribution in [0.5, 0.6) is 0 Å². The first-order chi connectivity index (χ1) is 20.2. The quantitative estimate of drug-likeness (QED) is 0.291. The van der Waals surface area contributed by atoms with Crippen molar-refractivity contribution in [1.29, 1.82) is 0 Å². The minimum Gasteiger partial charge on any atom is -0.477 e. The van der Waals surface area contributed by atoms with E-state index < -0.39 is 23.0 Å². The molecular formula is C30H29F2N7O3. The standard InChI is InChI=1S/C30H29F2N7O3/c1-33-19-10-18(31)24(32)22-23-26(39-8-6-20-21(39)5-4-7-37(20)2)16(12-34-28(23)36-25(19)22)14-9-15-27(40)17(30(41)42)13-38(3)29(15)35-11-14/h9-13,20-21,33H,4-8H2,1-3H3,(H,34,36)(H,41,42). The smallest absolute Gasteiger partial charge is 0.341 e. The summed E-state index contributed by atoms with van der Waals surface area (Å²) in [5.41, 5.74) is 2.37. The second-order valence-electron chi connectivity index (χ2n) is 11.2. The SMILES string of the molecule is CNc1cc(F)c(F)c2c1[nH]c1ncc(-c3cnc4c(c3)c(=O)c(C(=O)O)cn4C)c(N3CCC4C3CCCN4C)c12. The topological polar surface area (TPSA) is 119 Å². The number of hydrogen-bond donors (Lipinski definition) is 3. The summed E-state index contributed by atoms with van der Waals surface area (Å²) in [7, 11) is 5.39. The predicted octanol–water partition coefficient (Wildman–Crippen LogP) is 4.32. The average Bonchev–Trinajstić information content (AvgIpc) is 3.59. The van der Waals surface area contributed by atoms with Gasteiger partial charge in [-0.3, -0.25) is 4.79 Å². The number of nitrogens with zero attached hydrogens (tertiary/aromatic N) is 5. The molecule has 0 spiro atoms. The van der Waals surface area contributed by atoms with Gasteiger partial charge in [-0.15, -0.1) is 0 Å². The summed E-state index contributed by atoms with van der Waals surface area (Å²) in [4.78, 5) is 42.0. The molecule has 0 saturated carbocycles. The number of pyridine rings is 3. The summed E-state index contributed by atoms with van der Waals surface area (Å²) < 4.78 is 32.2. The Bertz CT molecular complexity index is 2000. The Kier molecular flexibility index (Phi) is 5.94. The van der Waals surface area contributed by atoms with Crippen LogP contribution in [0.4, 0.5) is 20.2 Å². The van der Waals surface area contributed by atoms with Crippen LogP contribution >= 0.6 is 0 Å². The number of aromatic carboxylic acids is 1. The Hall–Kier alpha value is -4.58. The van der Waals surface area contributed by atoms with E-state index in [2.05, 4.69) is 37.1 Å². The average molecular weight is 574 g/mol. The van der Waals surface area contributed by atoms with Gasteiger partial charge in [0.05, 0.1) is 33.1 Å². The molecule has 6 heterocycles. The van der Waals surface area contributed by atoms with Gasteiger partial charge in [-0.25, -0.2) is 23.5 Å². The molecule has 0 amide bonds. The summed E-state index contributed by atoms with van der Waals surface area (Å²) in [6, 6.07) is 3.18. The largest absolute Gasteiger partial charge is 0.477 e. The molecule has 2 unspecified atom stereocenters. The van der Waals surface area contributed by atoms with E-state index in [0.717, 1.165) is 31.9 Å². The number of halogens is 2. The Morgan fingerprint density at radius 3 is 2.67 bits per heavy atom. The highest BCUT2D eigenvalue weighted by Gasteiger charge is 2.41. The highest BCUT2D eigenvalue weighted by atomic mass is 19.2. The molecule has 0 radical (unpaired) electrons. The van der Waals surface area contributed by atoms with Gasteiger partial charge in [0.1, 0.15) is 16.9 Å². The van der Waals surface area contributed by atoms with E-state index in [4.69, 9.17) is 0 Å². The van der Waals surface area contributed by atoms with Crippen LogP contribution in [0.2, 0.25) is 0 Å². The summed E-state index contributed by atoms with van der Waals surface area (Å²) in [5, 5.41) is 13.3. The van der Waals surface area contributed by atoms with E-state index in [-0.39, 0.29) is 22.4 Å². The van der Waals surface area contributed by atoms with E-state index in [0.29, 0.717) is 57.3 Å². The lowest BCUT2D eigenvalue weighted by atomic mass is 9.95. The molecule has 42 heavy (non-hydrogen) atoms. The highest BCUT2D eigenvalue weighted by molar-refractivity contribution is 6.18. The maximum absolute atomic E-state index is 15.7. The van der Waals surface area contributed by atoms with Crippen molar-refractivity contribution in [3.63, 3.8) is 0 Å². The van der Waals surface area contributed by atoms with E-state index in [1.165, 1.54) is 10.8 Å². The lowest BCUT2D eigenvalue weighted by molar-refractivity contribution is 0.0695. The molecule has 2 fully saturated rings. The number of likely N-dealkylation sites (tertiary alicyclic amines) is 1. The molecule has 2 saturated heterocycles. The number of H-pyrrole nitrogens is 1. The zero-order chi connectivity index (χ0) is 29.4. The van der Waals surface area contributed by atoms with Crippen LogP contribution in [-0.2, 0) is 7.05 Å². The molecule has 216 valence electrons. The lowest BCUT2D eigenvalue weighted by Crippen LogP contribution is -2.48. The first-order valence-corrected chi connectivity index (χ1v) is 13.9. The van der Waals surface area contributed by atoms with Crippen LogP contribution < -0.4 is 15.6 Å². The molecule has 7 rings (SSSR count). The van der Waals surface area contributed by atoms with Gasteiger partial charge in [0.25, 0.3) is 0 Å². The molecule has 10 nitrogen and oxygen atoms in total. The molecule has 12 heteroatoms. The van der Waals surface area contributed by atoms with Crippen LogP contribution in [0.1, 0.15) is 29.6 Å². The number of piperidine rings is 1. The molecule has 3 N–H and O–H groups in total. The Labute approximate surface area is 238 Å². The minimum atomic E-state index is -1.33. The van der Waals surface area contributed by atoms with Gasteiger partial charge < -0.3 is 29.8 Å². The molecule has 2 aliphatic heterocycles. The van der Waals surface area contributed by atoms with Crippen molar-refractivity contribution in [2.24, 2.45) is 7.05 Å². The van der Waals surface area contributed by atoms with Crippen molar-refractivity contribution < 1.29 is 18.7 Å². The fraction of sp³-hybridized carbons (Fsp3) is 0.333. The maximum Gasteiger partial charge on any atom is 0.341 e. The number of aromatic amines is 1. The maximum atomic E-state index is 15.7. The van der Waals surface area contributed by atoms with Crippen LogP contribution in [0, 0.1) is 11.6 Å². The van der Waals surface area contributed by atoms with Crippen molar-refractivity contribution >= 4 is 50.3 Å². The Balaban J connectivity index is 1.57. The summed E-state index contributed by atoms with van der Waals surface area (Å²) in [5.74, 6) is -3.27. The van der Waals surface area contributed by atoms with Crippen molar-refractivity contribution in [2.75, 3.05) is 37.4 Å². The van der Waals surface area contributed by atoms with Crippen molar-refractivity contribution in [3.05, 3.63) is 58.1 Å². The molecule has 4 aromatic heterocycles. The fourth-order valence-corrected chi connectivity index (χ4v) is 7.01. The number of aryl methyl sites for hydroxylation is 1. The molecule has 1 aromatic carbocycles. The highest BCUT2D eigenvalue weighted by Crippen LogP contribution is 2.46. The van der Waals surface area contributed by atoms with Crippen molar-refractivity contribution in [1.82, 2.24) is 24.4 Å². The van der Waals surface area contributed by atoms with Crippen LogP contribution in [-0.4, -0.2) is 74.8 Å². The van der Waals surface area contributed by atoms with Gasteiger partial charge in [-0.2, -0.15) is 0 Å². The number of aromatic nitrogens is 4. The summed E-state index contributed by atoms with van der Waals surface area (Å²) >= 11 is 0. The van der Waals surface area contributed by atoms with Crippen LogP contribution in [0.3, 0.4) is 0 Å². The summed E-state index contributed by atoms with van der Waals surface area (Å²) in [6.07, 6.45) is 7.38. The number of nitrogens with one attached hydrogen (secondary N) is 2. The van der Waals surface area contributed by atoms with Crippen molar-refractivity contribution in [3.8, 4) is 11.1 Å². The molecule has 2 atom stereocenters. The number of carboxylic acids is 1. The second kappa shape index (κ2) is 9.48. The van der Waals surface area contributed by atoms with Gasteiger partial charge in [0.15, 0.2) is 11.6 Å². The Morgan fingerprint density at radius 1 is 1.10 bits per heavy atom. The molecule has 0 aliphatic carbocycles. The zero-order valence-electron chi connectivity index (χ0n) is 23.3. The third-order valence-electron chi connectivity index (χ3n) is 8.96. The minimum absolute atomic E-state index is 0.101. The monoisotopic (exact) mass is 573 g/mol. The lowest BCUT2D eigenvalue weighted by Gasteiger charge is -2.39. The fourth-order valence-electron chi connectivity index (χ4n) is 7.01. The first kappa shape index (κ1) is 26.3. The third kappa shape index (κ3) is 3.71. The number of carboxylic acid groups (broad SMARTS) is 1. The molecule has 0 bridgehead atoms. The van der Waals surface area contributed by atoms with Gasteiger partial charge >= 0.3 is 5.97 Å². The predicted molar refractivity (Wildman–Crippen MR) is 157 cm³/mol. The van der Waals surface area contributed by atoms with Crippen LogP contribution in [0.25, 0.3) is 44.1 Å². The number of benzene rings is 1. The van der Waals surface area contributed by atoms with E-state index in [1.807, 2.05) is 0 Å².